The van der Waals surface area contributed by atoms with E-state index in [1.807, 2.05) is 18.2 Å². The van der Waals surface area contributed by atoms with Gasteiger partial charge in [-0.2, -0.15) is 4.31 Å². The summed E-state index contributed by atoms with van der Waals surface area (Å²) in [5.41, 5.74) is 2.41. The summed E-state index contributed by atoms with van der Waals surface area (Å²) >= 11 is 0. The van der Waals surface area contributed by atoms with Crippen LogP contribution in [0.2, 0.25) is 0 Å². The van der Waals surface area contributed by atoms with Gasteiger partial charge < -0.3 is 0 Å². The van der Waals surface area contributed by atoms with Crippen molar-refractivity contribution in [3.63, 3.8) is 0 Å². The fourth-order valence-electron chi connectivity index (χ4n) is 3.66. The topological polar surface area (TPSA) is 50.3 Å². The maximum Gasteiger partial charge on any atom is 0.243 e. The summed E-state index contributed by atoms with van der Waals surface area (Å²) in [6.07, 6.45) is 1.94. The summed E-state index contributed by atoms with van der Waals surface area (Å²) in [6.45, 7) is 0.397. The van der Waals surface area contributed by atoms with Gasteiger partial charge in [0.2, 0.25) is 10.0 Å². The highest BCUT2D eigenvalue weighted by atomic mass is 32.2. The van der Waals surface area contributed by atoms with Crippen LogP contribution in [0.5, 0.6) is 0 Å². The molecule has 1 unspecified atom stereocenters. The Labute approximate surface area is 168 Å². The molecule has 29 heavy (non-hydrogen) atoms. The lowest BCUT2D eigenvalue weighted by Gasteiger charge is -2.24. The Morgan fingerprint density at radius 1 is 0.931 bits per heavy atom. The Hall–Kier alpha value is -2.64. The minimum Gasteiger partial charge on any atom is -0.256 e. The molecule has 1 aliphatic heterocycles. The summed E-state index contributed by atoms with van der Waals surface area (Å²) in [5, 5.41) is 0. The Balaban J connectivity index is 1.60. The van der Waals surface area contributed by atoms with Crippen LogP contribution in [0, 0.1) is 11.6 Å². The molecule has 1 fully saturated rings. The minimum absolute atomic E-state index is 0.0771. The lowest BCUT2D eigenvalue weighted by atomic mass is 10.1. The molecule has 1 saturated heterocycles. The molecule has 0 saturated carbocycles. The van der Waals surface area contributed by atoms with Gasteiger partial charge in [0.15, 0.2) is 0 Å². The number of benzene rings is 2. The molecule has 1 aromatic heterocycles. The van der Waals surface area contributed by atoms with E-state index in [1.54, 1.807) is 12.1 Å². The second kappa shape index (κ2) is 8.00. The van der Waals surface area contributed by atoms with Gasteiger partial charge in [0.05, 0.1) is 16.6 Å². The third kappa shape index (κ3) is 4.21. The Morgan fingerprint density at radius 2 is 1.59 bits per heavy atom. The minimum atomic E-state index is -3.74. The first-order valence-corrected chi connectivity index (χ1v) is 10.9. The van der Waals surface area contributed by atoms with Gasteiger partial charge in [0.1, 0.15) is 11.6 Å². The number of aromatic nitrogens is 1. The number of hydrogen-bond acceptors (Lipinski definition) is 3. The molecule has 0 bridgehead atoms. The number of nitrogens with zero attached hydrogens (tertiary/aromatic N) is 2. The van der Waals surface area contributed by atoms with Crippen LogP contribution in [0.15, 0.2) is 71.6 Å². The summed E-state index contributed by atoms with van der Waals surface area (Å²) < 4.78 is 53.9. The molecule has 1 atom stereocenters. The molecule has 0 N–H and O–H groups in total. The molecule has 3 aromatic rings. The second-order valence-electron chi connectivity index (χ2n) is 7.08. The van der Waals surface area contributed by atoms with E-state index >= 15 is 0 Å². The molecular formula is C22H20F2N2O2S. The van der Waals surface area contributed by atoms with Crippen LogP contribution in [0.1, 0.15) is 35.8 Å². The van der Waals surface area contributed by atoms with Crippen molar-refractivity contribution in [3.05, 3.63) is 95.3 Å². The smallest absolute Gasteiger partial charge is 0.243 e. The summed E-state index contributed by atoms with van der Waals surface area (Å²) in [4.78, 5) is 4.76. The first-order valence-electron chi connectivity index (χ1n) is 9.41. The fourth-order valence-corrected chi connectivity index (χ4v) is 5.33. The largest absolute Gasteiger partial charge is 0.256 e. The lowest BCUT2D eigenvalue weighted by molar-refractivity contribution is 0.390. The van der Waals surface area contributed by atoms with Crippen molar-refractivity contribution in [2.75, 3.05) is 6.54 Å². The van der Waals surface area contributed by atoms with E-state index < -0.39 is 15.8 Å². The molecule has 1 aliphatic rings. The third-order valence-corrected chi connectivity index (χ3v) is 7.01. The number of hydrogen-bond donors (Lipinski definition) is 0. The van der Waals surface area contributed by atoms with Crippen LogP contribution in [0.3, 0.4) is 0 Å². The van der Waals surface area contributed by atoms with E-state index in [0.29, 0.717) is 25.1 Å². The van der Waals surface area contributed by atoms with Gasteiger partial charge >= 0.3 is 0 Å². The van der Waals surface area contributed by atoms with E-state index in [9.17, 15) is 17.2 Å². The predicted molar refractivity (Wildman–Crippen MR) is 106 cm³/mol. The summed E-state index contributed by atoms with van der Waals surface area (Å²) in [7, 11) is -3.74. The van der Waals surface area contributed by atoms with Crippen LogP contribution in [0.4, 0.5) is 8.78 Å². The van der Waals surface area contributed by atoms with Gasteiger partial charge in [0.25, 0.3) is 0 Å². The number of rotatable bonds is 5. The van der Waals surface area contributed by atoms with Crippen molar-refractivity contribution < 1.29 is 17.2 Å². The summed E-state index contributed by atoms with van der Waals surface area (Å²) in [5.74, 6) is -0.764. The Bertz CT molecular complexity index is 1100. The average molecular weight is 414 g/mol. The van der Waals surface area contributed by atoms with Crippen LogP contribution in [-0.4, -0.2) is 24.3 Å². The van der Waals surface area contributed by atoms with Crippen molar-refractivity contribution in [2.24, 2.45) is 0 Å². The van der Waals surface area contributed by atoms with Gasteiger partial charge in [-0.05, 0) is 66.9 Å². The van der Waals surface area contributed by atoms with Crippen molar-refractivity contribution in [3.8, 4) is 0 Å². The molecule has 0 aliphatic carbocycles. The maximum atomic E-state index is 13.2. The Kier molecular flexibility index (Phi) is 5.43. The first-order chi connectivity index (χ1) is 13.9. The second-order valence-corrected chi connectivity index (χ2v) is 8.98. The fraction of sp³-hybridized carbons (Fsp3) is 0.227. The molecule has 0 amide bonds. The molecule has 7 heteroatoms. The normalized spacial score (nSPS) is 17.5. The average Bonchev–Trinajstić information content (AvgIpc) is 3.21. The SMILES string of the molecule is O=S(=O)(c1ccc(F)cc1)N1CCCC1c1cccc(Cc2ccc(F)cc2)n1. The van der Waals surface area contributed by atoms with E-state index in [4.69, 9.17) is 0 Å². The third-order valence-electron chi connectivity index (χ3n) is 5.09. The van der Waals surface area contributed by atoms with Crippen molar-refractivity contribution in [2.45, 2.75) is 30.2 Å². The van der Waals surface area contributed by atoms with E-state index in [2.05, 4.69) is 4.98 Å². The quantitative estimate of drug-likeness (QED) is 0.619. The Morgan fingerprint density at radius 3 is 2.28 bits per heavy atom. The van der Waals surface area contributed by atoms with E-state index in [1.165, 1.54) is 28.6 Å². The van der Waals surface area contributed by atoms with Crippen molar-refractivity contribution >= 4 is 10.0 Å². The van der Waals surface area contributed by atoms with Gasteiger partial charge in [0, 0.05) is 18.7 Å². The van der Waals surface area contributed by atoms with Gasteiger partial charge in [-0.15, -0.1) is 0 Å². The number of pyridine rings is 1. The van der Waals surface area contributed by atoms with Crippen molar-refractivity contribution in [1.82, 2.24) is 9.29 Å². The zero-order chi connectivity index (χ0) is 20.4. The van der Waals surface area contributed by atoms with Crippen LogP contribution in [0.25, 0.3) is 0 Å². The highest BCUT2D eigenvalue weighted by molar-refractivity contribution is 7.89. The zero-order valence-corrected chi connectivity index (χ0v) is 16.4. The standard InChI is InChI=1S/C22H20F2N2O2S/c23-17-8-6-16(7-9-17)15-19-3-1-4-21(25-19)22-5-2-14-26(22)29(27,28)20-12-10-18(24)11-13-20/h1,3-4,6-13,22H,2,5,14-15H2. The number of sulfonamides is 1. The van der Waals surface area contributed by atoms with Gasteiger partial charge in [-0.1, -0.05) is 18.2 Å². The molecule has 2 heterocycles. The van der Waals surface area contributed by atoms with Crippen LogP contribution in [-0.2, 0) is 16.4 Å². The predicted octanol–water partition coefficient (Wildman–Crippen LogP) is 4.48. The van der Waals surface area contributed by atoms with Crippen LogP contribution < -0.4 is 0 Å². The van der Waals surface area contributed by atoms with Crippen molar-refractivity contribution in [1.29, 1.82) is 0 Å². The molecule has 4 nitrogen and oxygen atoms in total. The van der Waals surface area contributed by atoms with Crippen LogP contribution >= 0.6 is 0 Å². The van der Waals surface area contributed by atoms with Gasteiger partial charge in [-0.25, -0.2) is 17.2 Å². The molecule has 2 aromatic carbocycles. The highest BCUT2D eigenvalue weighted by Gasteiger charge is 2.37. The molecular weight excluding hydrogens is 394 g/mol. The maximum absolute atomic E-state index is 13.2. The zero-order valence-electron chi connectivity index (χ0n) is 15.6. The van der Waals surface area contributed by atoms with Gasteiger partial charge in [-0.3, -0.25) is 4.98 Å². The molecule has 0 radical (unpaired) electrons. The van der Waals surface area contributed by atoms with E-state index in [0.717, 1.165) is 29.8 Å². The first kappa shape index (κ1) is 19.7. The molecule has 150 valence electrons. The molecule has 4 rings (SSSR count). The van der Waals surface area contributed by atoms with E-state index in [-0.39, 0.29) is 16.8 Å². The highest BCUT2D eigenvalue weighted by Crippen LogP contribution is 2.35. The number of halogens is 2. The summed E-state index contributed by atoms with van der Waals surface area (Å²) in [6, 6.07) is 16.3. The lowest BCUT2D eigenvalue weighted by Crippen LogP contribution is -2.31. The molecule has 0 spiro atoms. The monoisotopic (exact) mass is 414 g/mol.